The van der Waals surface area contributed by atoms with Gasteiger partial charge in [0.2, 0.25) is 10.0 Å². The summed E-state index contributed by atoms with van der Waals surface area (Å²) in [6, 6.07) is 11.3. The predicted octanol–water partition coefficient (Wildman–Crippen LogP) is 4.86. The van der Waals surface area contributed by atoms with Gasteiger partial charge >= 0.3 is 0 Å². The number of alkyl halides is 1. The maximum Gasteiger partial charge on any atom is 0.208 e. The lowest BCUT2D eigenvalue weighted by atomic mass is 9.78. The minimum absolute atomic E-state index is 0.00389. The highest BCUT2D eigenvalue weighted by Crippen LogP contribution is 2.40. The normalized spacial score (nSPS) is 14.1. The number of aliphatic hydroxyl groups is 1. The zero-order valence-corrected chi connectivity index (χ0v) is 22.2. The van der Waals surface area contributed by atoms with Gasteiger partial charge in [0.15, 0.2) is 5.75 Å². The monoisotopic (exact) mass is 537 g/mol. The molecule has 0 saturated carbocycles. The van der Waals surface area contributed by atoms with Crippen LogP contribution in [0.4, 0.5) is 0 Å². The first-order valence-electron chi connectivity index (χ1n) is 10.4. The molecule has 0 radical (unpaired) electrons. The van der Waals surface area contributed by atoms with E-state index in [-0.39, 0.29) is 18.4 Å². The van der Waals surface area contributed by atoms with Crippen LogP contribution in [0.15, 0.2) is 36.4 Å². The topological polar surface area (TPSA) is 84.9 Å². The maximum absolute atomic E-state index is 11.2. The van der Waals surface area contributed by atoms with Crippen LogP contribution < -0.4 is 14.2 Å². The highest BCUT2D eigenvalue weighted by atomic mass is 35.5. The fourth-order valence-electron chi connectivity index (χ4n) is 3.01. The maximum atomic E-state index is 11.2. The van der Waals surface area contributed by atoms with Gasteiger partial charge in [0, 0.05) is 17.9 Å². The summed E-state index contributed by atoms with van der Waals surface area (Å²) in [5, 5.41) is 10.3. The number of rotatable bonds is 12. The molecule has 2 atom stereocenters. The molecule has 2 N–H and O–H groups in total. The Balaban J connectivity index is 2.09. The van der Waals surface area contributed by atoms with Gasteiger partial charge in [-0.2, -0.15) is 0 Å². The van der Waals surface area contributed by atoms with Gasteiger partial charge in [-0.1, -0.05) is 56.1 Å². The van der Waals surface area contributed by atoms with Crippen LogP contribution in [0.3, 0.4) is 0 Å². The van der Waals surface area contributed by atoms with Crippen molar-refractivity contribution in [3.8, 4) is 11.5 Å². The van der Waals surface area contributed by atoms with Crippen LogP contribution in [0.2, 0.25) is 10.0 Å². The highest BCUT2D eigenvalue weighted by molar-refractivity contribution is 7.88. The van der Waals surface area contributed by atoms with Gasteiger partial charge in [-0.05, 0) is 35.4 Å². The molecular formula is C23H30Cl3NO5S. The van der Waals surface area contributed by atoms with Gasteiger partial charge in [-0.3, -0.25) is 0 Å². The number of halogens is 3. The Hall–Kier alpha value is -1.22. The Bertz CT molecular complexity index is 1010. The molecule has 33 heavy (non-hydrogen) atoms. The van der Waals surface area contributed by atoms with Crippen molar-refractivity contribution in [2.75, 3.05) is 31.9 Å². The van der Waals surface area contributed by atoms with E-state index in [0.29, 0.717) is 34.7 Å². The van der Waals surface area contributed by atoms with Gasteiger partial charge in [0.25, 0.3) is 0 Å². The molecule has 0 heterocycles. The number of nitrogens with one attached hydrogen (secondary N) is 1. The molecule has 0 amide bonds. The minimum atomic E-state index is -3.22. The molecule has 10 heteroatoms. The van der Waals surface area contributed by atoms with E-state index in [9.17, 15) is 13.5 Å². The quantitative estimate of drug-likeness (QED) is 0.377. The molecule has 6 nitrogen and oxygen atoms in total. The highest BCUT2D eigenvalue weighted by Gasteiger charge is 2.26. The molecule has 2 aromatic rings. The van der Waals surface area contributed by atoms with Crippen molar-refractivity contribution in [2.45, 2.75) is 32.3 Å². The van der Waals surface area contributed by atoms with Gasteiger partial charge in [0.1, 0.15) is 18.5 Å². The van der Waals surface area contributed by atoms with Crippen molar-refractivity contribution in [2.24, 2.45) is 5.92 Å². The fraction of sp³-hybridized carbons (Fsp3) is 0.478. The Kier molecular flexibility index (Phi) is 10.2. The van der Waals surface area contributed by atoms with Gasteiger partial charge in [-0.15, -0.1) is 11.6 Å². The van der Waals surface area contributed by atoms with Crippen LogP contribution in [0.1, 0.15) is 31.9 Å². The van der Waals surface area contributed by atoms with Crippen molar-refractivity contribution in [1.82, 2.24) is 4.72 Å². The Morgan fingerprint density at radius 1 is 1.03 bits per heavy atom. The molecule has 0 fully saturated rings. The van der Waals surface area contributed by atoms with Crippen LogP contribution in [0.5, 0.6) is 11.5 Å². The standard InChI is InChI=1S/C23H30Cl3NO5S/c1-15(12-27-33(4,29)30)13-31-19-7-5-16(6-8-19)23(2,3)17-9-20(25)22(21(26)10-17)32-14-18(28)11-24/h5-10,15,18,27-28H,11-14H2,1-4H3/t15-,18+/m1/s1. The molecular weight excluding hydrogens is 509 g/mol. The SMILES string of the molecule is C[C@H](CNS(C)(=O)=O)COc1ccc(C(C)(C)c2cc(Cl)c(OC[C@@H](O)CCl)c(Cl)c2)cc1. The average molecular weight is 539 g/mol. The summed E-state index contributed by atoms with van der Waals surface area (Å²) in [6.45, 7) is 6.72. The van der Waals surface area contributed by atoms with E-state index in [4.69, 9.17) is 44.3 Å². The summed E-state index contributed by atoms with van der Waals surface area (Å²) in [5.74, 6) is 1.08. The molecule has 0 aliphatic carbocycles. The number of benzene rings is 2. The zero-order chi connectivity index (χ0) is 24.8. The van der Waals surface area contributed by atoms with E-state index in [1.165, 1.54) is 0 Å². The second kappa shape index (κ2) is 12.0. The van der Waals surface area contributed by atoms with Gasteiger partial charge in [-0.25, -0.2) is 13.1 Å². The number of ether oxygens (including phenoxy) is 2. The van der Waals surface area contributed by atoms with E-state index < -0.39 is 21.5 Å². The molecule has 0 unspecified atom stereocenters. The van der Waals surface area contributed by atoms with Crippen molar-refractivity contribution >= 4 is 44.8 Å². The third-order valence-corrected chi connectivity index (χ3v) is 6.73. The molecule has 0 bridgehead atoms. The van der Waals surface area contributed by atoms with Crippen LogP contribution in [-0.2, 0) is 15.4 Å². The number of aliphatic hydroxyl groups excluding tert-OH is 1. The first-order chi connectivity index (χ1) is 15.3. The van der Waals surface area contributed by atoms with Crippen molar-refractivity contribution in [3.63, 3.8) is 0 Å². The summed E-state index contributed by atoms with van der Waals surface area (Å²) >= 11 is 18.4. The Labute approximate surface area is 211 Å². The molecule has 0 aliphatic heterocycles. The smallest absolute Gasteiger partial charge is 0.208 e. The average Bonchev–Trinajstić information content (AvgIpc) is 2.75. The molecule has 184 valence electrons. The van der Waals surface area contributed by atoms with Gasteiger partial charge < -0.3 is 14.6 Å². The first-order valence-corrected chi connectivity index (χ1v) is 13.6. The second-order valence-corrected chi connectivity index (χ2v) is 11.5. The largest absolute Gasteiger partial charge is 0.493 e. The van der Waals surface area contributed by atoms with Crippen molar-refractivity contribution in [1.29, 1.82) is 0 Å². The molecule has 0 aromatic heterocycles. The summed E-state index contributed by atoms with van der Waals surface area (Å²) in [6.07, 6.45) is 0.322. The van der Waals surface area contributed by atoms with E-state index in [2.05, 4.69) is 18.6 Å². The number of sulfonamides is 1. The molecule has 0 aliphatic rings. The third kappa shape index (κ3) is 8.50. The Morgan fingerprint density at radius 2 is 1.61 bits per heavy atom. The number of hydrogen-bond acceptors (Lipinski definition) is 5. The van der Waals surface area contributed by atoms with Gasteiger partial charge in [0.05, 0.1) is 28.8 Å². The van der Waals surface area contributed by atoms with E-state index in [1.54, 1.807) is 12.1 Å². The molecule has 0 spiro atoms. The Morgan fingerprint density at radius 3 is 2.12 bits per heavy atom. The zero-order valence-electron chi connectivity index (χ0n) is 19.1. The molecule has 2 aromatic carbocycles. The minimum Gasteiger partial charge on any atom is -0.493 e. The van der Waals surface area contributed by atoms with Crippen LogP contribution in [0.25, 0.3) is 0 Å². The first kappa shape index (κ1) is 28.0. The molecule has 0 saturated heterocycles. The van der Waals surface area contributed by atoms with E-state index in [0.717, 1.165) is 17.4 Å². The fourth-order valence-corrected chi connectivity index (χ4v) is 4.28. The summed E-state index contributed by atoms with van der Waals surface area (Å²) < 4.78 is 36.2. The van der Waals surface area contributed by atoms with Crippen LogP contribution in [-0.4, -0.2) is 51.5 Å². The summed E-state index contributed by atoms with van der Waals surface area (Å²) in [7, 11) is -3.22. The van der Waals surface area contributed by atoms with Crippen molar-refractivity contribution in [3.05, 3.63) is 57.6 Å². The predicted molar refractivity (Wildman–Crippen MR) is 135 cm³/mol. The lowest BCUT2D eigenvalue weighted by molar-refractivity contribution is 0.125. The second-order valence-electron chi connectivity index (χ2n) is 8.57. The third-order valence-electron chi connectivity index (χ3n) is 5.12. The van der Waals surface area contributed by atoms with Crippen LogP contribution in [0, 0.1) is 5.92 Å². The number of hydrogen-bond donors (Lipinski definition) is 2. The molecule has 2 rings (SSSR count). The lowest BCUT2D eigenvalue weighted by Gasteiger charge is -2.27. The van der Waals surface area contributed by atoms with Crippen LogP contribution >= 0.6 is 34.8 Å². The summed E-state index contributed by atoms with van der Waals surface area (Å²) in [5.41, 5.74) is 1.52. The van der Waals surface area contributed by atoms with E-state index in [1.807, 2.05) is 31.2 Å². The van der Waals surface area contributed by atoms with Crippen molar-refractivity contribution < 1.29 is 23.0 Å². The summed E-state index contributed by atoms with van der Waals surface area (Å²) in [4.78, 5) is 0. The van der Waals surface area contributed by atoms with E-state index >= 15 is 0 Å². The lowest BCUT2D eigenvalue weighted by Crippen LogP contribution is -2.29.